The average molecular weight is 260 g/mol. The number of aliphatic hydroxyl groups excluding tert-OH is 1. The lowest BCUT2D eigenvalue weighted by molar-refractivity contribution is 0.181. The third-order valence-corrected chi connectivity index (χ3v) is 3.41. The molecule has 0 spiro atoms. The van der Waals surface area contributed by atoms with Gasteiger partial charge >= 0.3 is 0 Å². The van der Waals surface area contributed by atoms with E-state index in [9.17, 15) is 5.11 Å². The van der Waals surface area contributed by atoms with Gasteiger partial charge in [-0.05, 0) is 28.8 Å². The standard InChI is InChI=1S/C9H14BrN3O/c10-9-8(6(14)5-11)12-7-3-1-2-4-13(7)9/h6,14H,1-5,11H2. The van der Waals surface area contributed by atoms with Crippen molar-refractivity contribution in [2.45, 2.75) is 31.9 Å². The van der Waals surface area contributed by atoms with E-state index in [2.05, 4.69) is 25.5 Å². The molecule has 1 aromatic rings. The average Bonchev–Trinajstić information content (AvgIpc) is 2.56. The molecule has 14 heavy (non-hydrogen) atoms. The van der Waals surface area contributed by atoms with Crippen LogP contribution in [0.5, 0.6) is 0 Å². The normalized spacial score (nSPS) is 17.9. The molecule has 3 N–H and O–H groups in total. The van der Waals surface area contributed by atoms with Gasteiger partial charge in [0, 0.05) is 19.5 Å². The highest BCUT2D eigenvalue weighted by atomic mass is 79.9. The van der Waals surface area contributed by atoms with Gasteiger partial charge in [0.15, 0.2) is 0 Å². The molecule has 1 atom stereocenters. The zero-order chi connectivity index (χ0) is 10.1. The Balaban J connectivity index is 2.38. The first kappa shape index (κ1) is 10.1. The number of hydrogen-bond acceptors (Lipinski definition) is 3. The smallest absolute Gasteiger partial charge is 0.111 e. The first-order valence-electron chi connectivity index (χ1n) is 4.87. The van der Waals surface area contributed by atoms with Gasteiger partial charge in [-0.3, -0.25) is 0 Å². The van der Waals surface area contributed by atoms with E-state index >= 15 is 0 Å². The van der Waals surface area contributed by atoms with Gasteiger partial charge in [-0.15, -0.1) is 0 Å². The van der Waals surface area contributed by atoms with Crippen LogP contribution in [0.4, 0.5) is 0 Å². The van der Waals surface area contributed by atoms with E-state index < -0.39 is 6.10 Å². The molecule has 2 rings (SSSR count). The minimum absolute atomic E-state index is 0.217. The van der Waals surface area contributed by atoms with Crippen molar-refractivity contribution in [1.29, 1.82) is 0 Å². The second-order valence-corrected chi connectivity index (χ2v) is 4.32. The highest BCUT2D eigenvalue weighted by Crippen LogP contribution is 2.27. The van der Waals surface area contributed by atoms with E-state index in [-0.39, 0.29) is 6.54 Å². The molecule has 2 heterocycles. The Hall–Kier alpha value is -0.390. The van der Waals surface area contributed by atoms with Crippen molar-refractivity contribution in [3.8, 4) is 0 Å². The van der Waals surface area contributed by atoms with E-state index in [1.54, 1.807) is 0 Å². The van der Waals surface area contributed by atoms with Gasteiger partial charge in [0.1, 0.15) is 22.2 Å². The minimum atomic E-state index is -0.650. The van der Waals surface area contributed by atoms with Crippen LogP contribution in [-0.2, 0) is 13.0 Å². The van der Waals surface area contributed by atoms with Gasteiger partial charge in [0.25, 0.3) is 0 Å². The van der Waals surface area contributed by atoms with Crippen molar-refractivity contribution in [3.05, 3.63) is 16.1 Å². The summed E-state index contributed by atoms with van der Waals surface area (Å²) in [6, 6.07) is 0. The Bertz CT molecular complexity index is 337. The molecule has 78 valence electrons. The van der Waals surface area contributed by atoms with E-state index in [4.69, 9.17) is 5.73 Å². The Kier molecular flexibility index (Phi) is 2.90. The fourth-order valence-corrected chi connectivity index (χ4v) is 2.53. The maximum absolute atomic E-state index is 9.63. The Morgan fingerprint density at radius 2 is 2.36 bits per heavy atom. The number of nitrogens with zero attached hydrogens (tertiary/aromatic N) is 2. The first-order valence-corrected chi connectivity index (χ1v) is 5.66. The Morgan fingerprint density at radius 3 is 3.00 bits per heavy atom. The fraction of sp³-hybridized carbons (Fsp3) is 0.667. The van der Waals surface area contributed by atoms with Gasteiger partial charge in [-0.25, -0.2) is 4.98 Å². The van der Waals surface area contributed by atoms with Crippen molar-refractivity contribution in [3.63, 3.8) is 0 Å². The molecule has 1 aliphatic rings. The third-order valence-electron chi connectivity index (χ3n) is 2.58. The van der Waals surface area contributed by atoms with Crippen molar-refractivity contribution < 1.29 is 5.11 Å². The molecule has 5 heteroatoms. The molecule has 0 aromatic carbocycles. The summed E-state index contributed by atoms with van der Waals surface area (Å²) in [6.45, 7) is 1.20. The molecule has 1 aliphatic heterocycles. The number of aliphatic hydroxyl groups is 1. The molecule has 0 saturated heterocycles. The lowest BCUT2D eigenvalue weighted by atomic mass is 10.2. The summed E-state index contributed by atoms with van der Waals surface area (Å²) < 4.78 is 3.02. The van der Waals surface area contributed by atoms with E-state index in [1.807, 2.05) is 0 Å². The molecule has 0 amide bonds. The minimum Gasteiger partial charge on any atom is -0.385 e. The van der Waals surface area contributed by atoms with Gasteiger partial charge < -0.3 is 15.4 Å². The van der Waals surface area contributed by atoms with E-state index in [0.717, 1.165) is 23.4 Å². The quantitative estimate of drug-likeness (QED) is 0.832. The summed E-state index contributed by atoms with van der Waals surface area (Å²) >= 11 is 3.46. The fourth-order valence-electron chi connectivity index (χ4n) is 1.79. The molecule has 4 nitrogen and oxygen atoms in total. The summed E-state index contributed by atoms with van der Waals surface area (Å²) in [7, 11) is 0. The van der Waals surface area contributed by atoms with Crippen LogP contribution in [0.25, 0.3) is 0 Å². The summed E-state index contributed by atoms with van der Waals surface area (Å²) in [5.41, 5.74) is 6.10. The Labute approximate surface area is 91.3 Å². The lowest BCUT2D eigenvalue weighted by Crippen LogP contribution is -2.12. The molecule has 0 fully saturated rings. The zero-order valence-electron chi connectivity index (χ0n) is 7.91. The van der Waals surface area contributed by atoms with Gasteiger partial charge in [0.05, 0.1) is 0 Å². The topological polar surface area (TPSA) is 64.1 Å². The molecule has 1 aromatic heterocycles. The van der Waals surface area contributed by atoms with Crippen LogP contribution in [0.2, 0.25) is 0 Å². The molecule has 0 saturated carbocycles. The summed E-state index contributed by atoms with van der Waals surface area (Å²) in [6.07, 6.45) is 2.71. The van der Waals surface area contributed by atoms with Gasteiger partial charge in [0.2, 0.25) is 0 Å². The Morgan fingerprint density at radius 1 is 1.57 bits per heavy atom. The van der Waals surface area contributed by atoms with Crippen LogP contribution >= 0.6 is 15.9 Å². The summed E-state index contributed by atoms with van der Waals surface area (Å²) in [5, 5.41) is 9.63. The van der Waals surface area contributed by atoms with E-state index in [0.29, 0.717) is 5.69 Å². The van der Waals surface area contributed by atoms with Crippen LogP contribution in [-0.4, -0.2) is 21.2 Å². The number of halogens is 1. The molecular weight excluding hydrogens is 246 g/mol. The predicted molar refractivity (Wildman–Crippen MR) is 56.9 cm³/mol. The SMILES string of the molecule is NCC(O)c1nc2n(c1Br)CCCC2. The third kappa shape index (κ3) is 1.60. The van der Waals surface area contributed by atoms with Crippen molar-refractivity contribution >= 4 is 15.9 Å². The number of aromatic nitrogens is 2. The second-order valence-electron chi connectivity index (χ2n) is 3.56. The molecule has 0 bridgehead atoms. The number of rotatable bonds is 2. The molecule has 1 unspecified atom stereocenters. The molecule has 0 radical (unpaired) electrons. The van der Waals surface area contributed by atoms with Crippen molar-refractivity contribution in [1.82, 2.24) is 9.55 Å². The predicted octanol–water partition coefficient (Wildman–Crippen LogP) is 0.974. The van der Waals surface area contributed by atoms with Crippen LogP contribution in [0.3, 0.4) is 0 Å². The number of imidazole rings is 1. The number of aryl methyl sites for hydroxylation is 1. The lowest BCUT2D eigenvalue weighted by Gasteiger charge is -2.13. The van der Waals surface area contributed by atoms with Crippen LogP contribution < -0.4 is 5.73 Å². The maximum atomic E-state index is 9.63. The summed E-state index contributed by atoms with van der Waals surface area (Å²) in [5.74, 6) is 1.06. The highest BCUT2D eigenvalue weighted by molar-refractivity contribution is 9.10. The monoisotopic (exact) mass is 259 g/mol. The summed E-state index contributed by atoms with van der Waals surface area (Å²) in [4.78, 5) is 4.41. The largest absolute Gasteiger partial charge is 0.385 e. The van der Waals surface area contributed by atoms with Gasteiger partial charge in [-0.2, -0.15) is 0 Å². The zero-order valence-corrected chi connectivity index (χ0v) is 9.50. The number of fused-ring (bicyclic) bond motifs is 1. The maximum Gasteiger partial charge on any atom is 0.111 e. The van der Waals surface area contributed by atoms with Crippen molar-refractivity contribution in [2.24, 2.45) is 5.73 Å². The number of hydrogen-bond donors (Lipinski definition) is 2. The van der Waals surface area contributed by atoms with Gasteiger partial charge in [-0.1, -0.05) is 0 Å². The van der Waals surface area contributed by atoms with E-state index in [1.165, 1.54) is 12.8 Å². The highest BCUT2D eigenvalue weighted by Gasteiger charge is 2.21. The second kappa shape index (κ2) is 4.00. The molecular formula is C9H14BrN3O. The van der Waals surface area contributed by atoms with Crippen LogP contribution in [0.15, 0.2) is 4.60 Å². The first-order chi connectivity index (χ1) is 6.74. The number of nitrogens with two attached hydrogens (primary N) is 1. The van der Waals surface area contributed by atoms with Crippen LogP contribution in [0, 0.1) is 0 Å². The van der Waals surface area contributed by atoms with Crippen LogP contribution in [0.1, 0.15) is 30.5 Å². The van der Waals surface area contributed by atoms with Crippen molar-refractivity contribution in [2.75, 3.05) is 6.54 Å². The molecule has 0 aliphatic carbocycles.